The summed E-state index contributed by atoms with van der Waals surface area (Å²) in [5.41, 5.74) is 12.8. The molecule has 37 heavy (non-hydrogen) atoms. The summed E-state index contributed by atoms with van der Waals surface area (Å²) < 4.78 is 19.4. The third kappa shape index (κ3) is 5.35. The lowest BCUT2D eigenvalue weighted by molar-refractivity contribution is 0.329. The first-order valence-electron chi connectivity index (χ1n) is 12.4. The van der Waals surface area contributed by atoms with E-state index < -0.39 is 0 Å². The largest absolute Gasteiger partial charge is 0.491 e. The van der Waals surface area contributed by atoms with Gasteiger partial charge < -0.3 is 20.3 Å². The number of fused-ring (bicyclic) bond motifs is 2. The molecule has 1 aromatic carbocycles. The number of benzene rings is 1. The molecule has 0 saturated carbocycles. The number of thiazole rings is 1. The van der Waals surface area contributed by atoms with E-state index in [4.69, 9.17) is 20.4 Å². The minimum atomic E-state index is -0.365. The standard InChI is InChI=1S/C27H32FN7OS/c1-16-10-18(19-12-22-26(30-13-19)37-27(29)32-22)11-20-14-35(8-9-36-24(16)20)25-21(6-5-7-28)17(2)31-23(33-25)15-34(3)4/h10-13H,5-9,14-15H2,1-4H3,(H2,29,32). The molecule has 0 amide bonds. The number of hydrogen-bond donors (Lipinski definition) is 1. The van der Waals surface area contributed by atoms with Gasteiger partial charge in [0.25, 0.3) is 0 Å². The Bertz CT molecular complexity index is 1440. The molecule has 0 bridgehead atoms. The van der Waals surface area contributed by atoms with Gasteiger partial charge in [0.2, 0.25) is 0 Å². The summed E-state index contributed by atoms with van der Waals surface area (Å²) in [6.45, 7) is 6.18. The van der Waals surface area contributed by atoms with E-state index in [1.165, 1.54) is 11.3 Å². The molecule has 2 N–H and O–H groups in total. The van der Waals surface area contributed by atoms with Crippen LogP contribution in [0.5, 0.6) is 5.75 Å². The minimum Gasteiger partial charge on any atom is -0.491 e. The maximum atomic E-state index is 13.1. The van der Waals surface area contributed by atoms with Gasteiger partial charge in [-0.05, 0) is 70.1 Å². The SMILES string of the molecule is Cc1cc(-c2cnc3sc(N)nc3c2)cc2c1OCCN(c1nc(CN(C)C)nc(C)c1CCCF)C2. The monoisotopic (exact) mass is 521 g/mol. The van der Waals surface area contributed by atoms with Gasteiger partial charge in [0.05, 0.1) is 19.8 Å². The van der Waals surface area contributed by atoms with Crippen LogP contribution in [0.25, 0.3) is 21.5 Å². The number of hydrogen-bond acceptors (Lipinski definition) is 9. The topological polar surface area (TPSA) is 93.3 Å². The van der Waals surface area contributed by atoms with Gasteiger partial charge in [-0.1, -0.05) is 11.3 Å². The van der Waals surface area contributed by atoms with Crippen molar-refractivity contribution < 1.29 is 9.13 Å². The highest BCUT2D eigenvalue weighted by atomic mass is 32.1. The van der Waals surface area contributed by atoms with Crippen LogP contribution in [0.4, 0.5) is 15.3 Å². The van der Waals surface area contributed by atoms with Gasteiger partial charge >= 0.3 is 0 Å². The zero-order valence-corrected chi connectivity index (χ0v) is 22.5. The average Bonchev–Trinajstić information content (AvgIpc) is 3.08. The van der Waals surface area contributed by atoms with Gasteiger partial charge in [0.15, 0.2) is 5.13 Å². The maximum Gasteiger partial charge on any atom is 0.182 e. The van der Waals surface area contributed by atoms with Gasteiger partial charge in [0, 0.05) is 35.1 Å². The molecular weight excluding hydrogens is 489 g/mol. The van der Waals surface area contributed by atoms with Crippen molar-refractivity contribution in [2.75, 3.05) is 44.6 Å². The number of anilines is 2. The number of aryl methyl sites for hydroxylation is 2. The van der Waals surface area contributed by atoms with E-state index >= 15 is 0 Å². The molecule has 0 aliphatic carbocycles. The first-order chi connectivity index (χ1) is 17.8. The molecule has 194 valence electrons. The maximum absolute atomic E-state index is 13.1. The van der Waals surface area contributed by atoms with Crippen LogP contribution >= 0.6 is 11.3 Å². The van der Waals surface area contributed by atoms with Crippen molar-refractivity contribution in [3.63, 3.8) is 0 Å². The molecule has 1 aliphatic heterocycles. The van der Waals surface area contributed by atoms with E-state index in [-0.39, 0.29) is 6.67 Å². The molecule has 0 unspecified atom stereocenters. The molecule has 0 saturated heterocycles. The first-order valence-corrected chi connectivity index (χ1v) is 13.2. The summed E-state index contributed by atoms with van der Waals surface area (Å²) in [5.74, 6) is 2.54. The predicted molar refractivity (Wildman–Crippen MR) is 147 cm³/mol. The summed E-state index contributed by atoms with van der Waals surface area (Å²) in [7, 11) is 4.00. The highest BCUT2D eigenvalue weighted by Crippen LogP contribution is 2.36. The number of halogens is 1. The number of nitrogens with two attached hydrogens (primary N) is 1. The van der Waals surface area contributed by atoms with E-state index in [2.05, 4.69) is 38.8 Å². The number of nitrogens with zero attached hydrogens (tertiary/aromatic N) is 6. The Morgan fingerprint density at radius 3 is 2.76 bits per heavy atom. The molecule has 0 fully saturated rings. The normalized spacial score (nSPS) is 13.6. The minimum absolute atomic E-state index is 0.365. The highest BCUT2D eigenvalue weighted by Gasteiger charge is 2.24. The fourth-order valence-corrected chi connectivity index (χ4v) is 5.50. The quantitative estimate of drug-likeness (QED) is 0.374. The van der Waals surface area contributed by atoms with Crippen LogP contribution in [0.1, 0.15) is 34.6 Å². The third-order valence-electron chi connectivity index (χ3n) is 6.47. The molecule has 1 aliphatic rings. The van der Waals surface area contributed by atoms with Crippen molar-refractivity contribution in [1.29, 1.82) is 0 Å². The smallest absolute Gasteiger partial charge is 0.182 e. The van der Waals surface area contributed by atoms with Gasteiger partial charge in [-0.25, -0.2) is 19.9 Å². The zero-order chi connectivity index (χ0) is 26.1. The van der Waals surface area contributed by atoms with Crippen molar-refractivity contribution in [2.45, 2.75) is 39.8 Å². The number of nitrogen functional groups attached to an aromatic ring is 1. The van der Waals surface area contributed by atoms with E-state index in [1.54, 1.807) is 0 Å². The number of aromatic nitrogens is 4. The van der Waals surface area contributed by atoms with Gasteiger partial charge in [0.1, 0.15) is 34.3 Å². The molecule has 0 atom stereocenters. The average molecular weight is 522 g/mol. The Morgan fingerprint density at radius 2 is 1.97 bits per heavy atom. The summed E-state index contributed by atoms with van der Waals surface area (Å²) in [6, 6.07) is 6.32. The van der Waals surface area contributed by atoms with Gasteiger partial charge in [-0.2, -0.15) is 0 Å². The zero-order valence-electron chi connectivity index (χ0n) is 21.7. The second-order valence-corrected chi connectivity index (χ2v) is 10.7. The van der Waals surface area contributed by atoms with Gasteiger partial charge in [-0.15, -0.1) is 0 Å². The van der Waals surface area contributed by atoms with Crippen molar-refractivity contribution in [3.05, 3.63) is 52.6 Å². The van der Waals surface area contributed by atoms with E-state index in [0.717, 1.165) is 61.3 Å². The lowest BCUT2D eigenvalue weighted by atomic mass is 9.99. The van der Waals surface area contributed by atoms with Crippen LogP contribution in [0, 0.1) is 13.8 Å². The second-order valence-electron chi connectivity index (χ2n) is 9.71. The van der Waals surface area contributed by atoms with Crippen molar-refractivity contribution in [1.82, 2.24) is 24.8 Å². The van der Waals surface area contributed by atoms with Gasteiger partial charge in [-0.3, -0.25) is 4.39 Å². The Balaban J connectivity index is 1.55. The lowest BCUT2D eigenvalue weighted by Gasteiger charge is -2.26. The molecule has 4 aromatic rings. The Kier molecular flexibility index (Phi) is 7.21. The summed E-state index contributed by atoms with van der Waals surface area (Å²) in [4.78, 5) is 23.8. The number of rotatable bonds is 7. The number of alkyl halides is 1. The Hall–Kier alpha value is -3.37. The molecule has 0 radical (unpaired) electrons. The van der Waals surface area contributed by atoms with E-state index in [1.807, 2.05) is 33.3 Å². The predicted octanol–water partition coefficient (Wildman–Crippen LogP) is 4.71. The molecule has 8 nitrogen and oxygen atoms in total. The number of ether oxygens (including phenoxy) is 1. The van der Waals surface area contributed by atoms with Crippen LogP contribution in [-0.4, -0.2) is 58.8 Å². The molecular formula is C27H32FN7OS. The molecule has 3 aromatic heterocycles. The number of pyridine rings is 1. The van der Waals surface area contributed by atoms with Crippen molar-refractivity contribution >= 4 is 32.6 Å². The Morgan fingerprint density at radius 1 is 1.14 bits per heavy atom. The lowest BCUT2D eigenvalue weighted by Crippen LogP contribution is -2.29. The van der Waals surface area contributed by atoms with Crippen LogP contribution in [0.3, 0.4) is 0 Å². The molecule has 5 rings (SSSR count). The second kappa shape index (κ2) is 10.5. The fourth-order valence-electron chi connectivity index (χ4n) is 4.85. The molecule has 4 heterocycles. The van der Waals surface area contributed by atoms with Crippen LogP contribution in [-0.2, 0) is 19.5 Å². The van der Waals surface area contributed by atoms with Crippen LogP contribution < -0.4 is 15.4 Å². The first kappa shape index (κ1) is 25.3. The van der Waals surface area contributed by atoms with E-state index in [0.29, 0.717) is 44.2 Å². The van der Waals surface area contributed by atoms with Crippen molar-refractivity contribution in [2.24, 2.45) is 0 Å². The Labute approximate surface area is 220 Å². The summed E-state index contributed by atoms with van der Waals surface area (Å²) in [5, 5.41) is 0.513. The van der Waals surface area contributed by atoms with Crippen LogP contribution in [0.2, 0.25) is 0 Å². The molecule has 10 heteroatoms. The van der Waals surface area contributed by atoms with Crippen LogP contribution in [0.15, 0.2) is 24.4 Å². The van der Waals surface area contributed by atoms with E-state index in [9.17, 15) is 4.39 Å². The van der Waals surface area contributed by atoms with Crippen molar-refractivity contribution in [3.8, 4) is 16.9 Å². The summed E-state index contributed by atoms with van der Waals surface area (Å²) in [6.07, 6.45) is 2.92. The summed E-state index contributed by atoms with van der Waals surface area (Å²) >= 11 is 1.39. The fraction of sp³-hybridized carbons (Fsp3) is 0.407. The molecule has 0 spiro atoms. The highest BCUT2D eigenvalue weighted by molar-refractivity contribution is 7.21. The third-order valence-corrected chi connectivity index (χ3v) is 7.28.